The molecular weight excluding hydrogens is 204 g/mol. The SMILES string of the molecule is CCOc1cccc(-c2cnc[nH]c2=O)c1. The normalized spacial score (nSPS) is 10.1. The molecule has 1 aromatic heterocycles. The monoisotopic (exact) mass is 216 g/mol. The van der Waals surface area contributed by atoms with Gasteiger partial charge in [0.1, 0.15) is 5.75 Å². The zero-order valence-electron chi connectivity index (χ0n) is 8.93. The van der Waals surface area contributed by atoms with Crippen molar-refractivity contribution < 1.29 is 4.74 Å². The van der Waals surface area contributed by atoms with Gasteiger partial charge in [-0.15, -0.1) is 0 Å². The molecule has 82 valence electrons. The maximum Gasteiger partial charge on any atom is 0.258 e. The van der Waals surface area contributed by atoms with Crippen LogP contribution in [0.15, 0.2) is 41.6 Å². The van der Waals surface area contributed by atoms with Gasteiger partial charge >= 0.3 is 0 Å². The summed E-state index contributed by atoms with van der Waals surface area (Å²) in [6.45, 7) is 2.52. The van der Waals surface area contributed by atoms with E-state index in [1.165, 1.54) is 6.33 Å². The van der Waals surface area contributed by atoms with Crippen molar-refractivity contribution in [2.75, 3.05) is 6.61 Å². The van der Waals surface area contributed by atoms with E-state index in [9.17, 15) is 4.79 Å². The third-order valence-corrected chi connectivity index (χ3v) is 2.17. The van der Waals surface area contributed by atoms with Gasteiger partial charge in [0, 0.05) is 6.20 Å². The number of hydrogen-bond donors (Lipinski definition) is 1. The topological polar surface area (TPSA) is 55.0 Å². The number of benzene rings is 1. The van der Waals surface area contributed by atoms with Crippen LogP contribution in [0.2, 0.25) is 0 Å². The summed E-state index contributed by atoms with van der Waals surface area (Å²) in [7, 11) is 0. The molecule has 0 radical (unpaired) electrons. The van der Waals surface area contributed by atoms with E-state index in [1.54, 1.807) is 6.20 Å². The summed E-state index contributed by atoms with van der Waals surface area (Å²) in [5.41, 5.74) is 1.20. The van der Waals surface area contributed by atoms with E-state index in [1.807, 2.05) is 31.2 Å². The van der Waals surface area contributed by atoms with E-state index in [0.717, 1.165) is 11.3 Å². The van der Waals surface area contributed by atoms with Gasteiger partial charge in [-0.05, 0) is 24.6 Å². The van der Waals surface area contributed by atoms with Crippen LogP contribution in [-0.2, 0) is 0 Å². The lowest BCUT2D eigenvalue weighted by Crippen LogP contribution is -2.08. The standard InChI is InChI=1S/C12H12N2O2/c1-2-16-10-5-3-4-9(6-10)11-7-13-8-14-12(11)15/h3-8H,2H2,1H3,(H,13,14,15). The van der Waals surface area contributed by atoms with Crippen molar-refractivity contribution in [2.24, 2.45) is 0 Å². The highest BCUT2D eigenvalue weighted by Crippen LogP contribution is 2.20. The minimum atomic E-state index is -0.149. The maximum absolute atomic E-state index is 11.6. The summed E-state index contributed by atoms with van der Waals surface area (Å²) in [5.74, 6) is 0.753. The van der Waals surface area contributed by atoms with Gasteiger partial charge in [-0.1, -0.05) is 12.1 Å². The Bertz CT molecular complexity index is 534. The van der Waals surface area contributed by atoms with Gasteiger partial charge in [0.25, 0.3) is 5.56 Å². The summed E-state index contributed by atoms with van der Waals surface area (Å²) in [6.07, 6.45) is 2.92. The van der Waals surface area contributed by atoms with Crippen molar-refractivity contribution in [1.82, 2.24) is 9.97 Å². The van der Waals surface area contributed by atoms with Gasteiger partial charge in [0.15, 0.2) is 0 Å². The second kappa shape index (κ2) is 4.61. The number of aromatic amines is 1. The Morgan fingerprint density at radius 1 is 1.44 bits per heavy atom. The number of H-pyrrole nitrogens is 1. The molecule has 4 heteroatoms. The van der Waals surface area contributed by atoms with Crippen molar-refractivity contribution in [1.29, 1.82) is 0 Å². The molecule has 0 fully saturated rings. The van der Waals surface area contributed by atoms with Crippen LogP contribution in [0.25, 0.3) is 11.1 Å². The fourth-order valence-corrected chi connectivity index (χ4v) is 1.47. The first-order valence-electron chi connectivity index (χ1n) is 5.07. The predicted octanol–water partition coefficient (Wildman–Crippen LogP) is 1.84. The van der Waals surface area contributed by atoms with Crippen LogP contribution in [0.1, 0.15) is 6.92 Å². The van der Waals surface area contributed by atoms with Crippen LogP contribution in [0.5, 0.6) is 5.75 Å². The first-order chi connectivity index (χ1) is 7.81. The van der Waals surface area contributed by atoms with Crippen LogP contribution in [0.4, 0.5) is 0 Å². The molecule has 16 heavy (non-hydrogen) atoms. The first kappa shape index (κ1) is 10.4. The molecule has 2 aromatic rings. The van der Waals surface area contributed by atoms with Gasteiger partial charge in [-0.3, -0.25) is 4.79 Å². The first-order valence-corrected chi connectivity index (χ1v) is 5.07. The lowest BCUT2D eigenvalue weighted by Gasteiger charge is -2.05. The van der Waals surface area contributed by atoms with Gasteiger partial charge < -0.3 is 9.72 Å². The lowest BCUT2D eigenvalue weighted by atomic mass is 10.1. The van der Waals surface area contributed by atoms with Crippen molar-refractivity contribution in [2.45, 2.75) is 6.92 Å². The number of aromatic nitrogens is 2. The number of rotatable bonds is 3. The van der Waals surface area contributed by atoms with Crippen LogP contribution in [0, 0.1) is 0 Å². The molecule has 0 atom stereocenters. The summed E-state index contributed by atoms with van der Waals surface area (Å²) < 4.78 is 5.38. The van der Waals surface area contributed by atoms with E-state index in [-0.39, 0.29) is 5.56 Å². The molecule has 1 heterocycles. The molecule has 0 aliphatic carbocycles. The Kier molecular flexibility index (Phi) is 3.00. The van der Waals surface area contributed by atoms with E-state index in [0.29, 0.717) is 12.2 Å². The molecule has 0 saturated heterocycles. The molecule has 0 bridgehead atoms. The van der Waals surface area contributed by atoms with E-state index in [2.05, 4.69) is 9.97 Å². The average molecular weight is 216 g/mol. The number of hydrogen-bond acceptors (Lipinski definition) is 3. The molecule has 0 amide bonds. The average Bonchev–Trinajstić information content (AvgIpc) is 2.30. The quantitative estimate of drug-likeness (QED) is 0.851. The van der Waals surface area contributed by atoms with Crippen molar-refractivity contribution >= 4 is 0 Å². The molecular formula is C12H12N2O2. The van der Waals surface area contributed by atoms with Crippen molar-refractivity contribution in [3.63, 3.8) is 0 Å². The van der Waals surface area contributed by atoms with E-state index in [4.69, 9.17) is 4.74 Å². The fraction of sp³-hybridized carbons (Fsp3) is 0.167. The van der Waals surface area contributed by atoms with Crippen LogP contribution < -0.4 is 10.3 Å². The highest BCUT2D eigenvalue weighted by Gasteiger charge is 2.03. The highest BCUT2D eigenvalue weighted by molar-refractivity contribution is 5.63. The van der Waals surface area contributed by atoms with Crippen LogP contribution in [-0.4, -0.2) is 16.6 Å². The summed E-state index contributed by atoms with van der Waals surface area (Å²) >= 11 is 0. The number of nitrogens with one attached hydrogen (secondary N) is 1. The molecule has 0 aliphatic rings. The minimum absolute atomic E-state index is 0.149. The fourth-order valence-electron chi connectivity index (χ4n) is 1.47. The Balaban J connectivity index is 2.45. The van der Waals surface area contributed by atoms with Crippen LogP contribution in [0.3, 0.4) is 0 Å². The second-order valence-electron chi connectivity index (χ2n) is 3.26. The maximum atomic E-state index is 11.6. The zero-order valence-corrected chi connectivity index (χ0v) is 8.93. The smallest absolute Gasteiger partial charge is 0.258 e. The van der Waals surface area contributed by atoms with Crippen LogP contribution >= 0.6 is 0 Å². The third-order valence-electron chi connectivity index (χ3n) is 2.17. The highest BCUT2D eigenvalue weighted by atomic mass is 16.5. The van der Waals surface area contributed by atoms with Gasteiger partial charge in [-0.25, -0.2) is 4.98 Å². The Labute approximate surface area is 92.9 Å². The second-order valence-corrected chi connectivity index (χ2v) is 3.26. The summed E-state index contributed by atoms with van der Waals surface area (Å²) in [5, 5.41) is 0. The minimum Gasteiger partial charge on any atom is -0.494 e. The van der Waals surface area contributed by atoms with Crippen molar-refractivity contribution in [3.8, 4) is 16.9 Å². The zero-order chi connectivity index (χ0) is 11.4. The Morgan fingerprint density at radius 2 is 2.31 bits per heavy atom. The Morgan fingerprint density at radius 3 is 3.06 bits per heavy atom. The van der Waals surface area contributed by atoms with Crippen molar-refractivity contribution in [3.05, 3.63) is 47.1 Å². The third kappa shape index (κ3) is 2.11. The molecule has 0 saturated carbocycles. The molecule has 1 aromatic carbocycles. The van der Waals surface area contributed by atoms with E-state index < -0.39 is 0 Å². The van der Waals surface area contributed by atoms with E-state index >= 15 is 0 Å². The molecule has 0 spiro atoms. The summed E-state index contributed by atoms with van der Waals surface area (Å²) in [4.78, 5) is 18.0. The Hall–Kier alpha value is -2.10. The molecule has 1 N–H and O–H groups in total. The molecule has 2 rings (SSSR count). The number of ether oxygens (including phenoxy) is 1. The largest absolute Gasteiger partial charge is 0.494 e. The van der Waals surface area contributed by atoms with Gasteiger partial charge in [0.05, 0.1) is 18.5 Å². The molecule has 4 nitrogen and oxygen atoms in total. The predicted molar refractivity (Wildman–Crippen MR) is 61.5 cm³/mol. The number of nitrogens with zero attached hydrogens (tertiary/aromatic N) is 1. The summed E-state index contributed by atoms with van der Waals surface area (Å²) in [6, 6.07) is 7.40. The molecule has 0 aliphatic heterocycles. The van der Waals surface area contributed by atoms with Gasteiger partial charge in [-0.2, -0.15) is 0 Å². The molecule has 0 unspecified atom stereocenters. The lowest BCUT2D eigenvalue weighted by molar-refractivity contribution is 0.340. The van der Waals surface area contributed by atoms with Gasteiger partial charge in [0.2, 0.25) is 0 Å².